The van der Waals surface area contributed by atoms with Crippen LogP contribution in [-0.2, 0) is 6.42 Å². The van der Waals surface area contributed by atoms with Crippen molar-refractivity contribution in [3.8, 4) is 0 Å². The molecule has 0 aliphatic heterocycles. The Bertz CT molecular complexity index is 641. The van der Waals surface area contributed by atoms with Gasteiger partial charge in [-0.1, -0.05) is 25.5 Å². The Labute approximate surface area is 133 Å². The first-order chi connectivity index (χ1) is 10.2. The molecule has 21 heavy (non-hydrogen) atoms. The van der Waals surface area contributed by atoms with Crippen molar-refractivity contribution in [2.45, 2.75) is 38.6 Å². The van der Waals surface area contributed by atoms with Gasteiger partial charge in [0, 0.05) is 22.4 Å². The van der Waals surface area contributed by atoms with Crippen LogP contribution >= 0.6 is 15.9 Å². The van der Waals surface area contributed by atoms with Gasteiger partial charge in [0.05, 0.1) is 0 Å². The molecule has 4 heteroatoms. The number of nitrogens with one attached hydrogen (secondary N) is 1. The molecule has 0 spiro atoms. The molecule has 1 aliphatic rings. The molecule has 1 aromatic heterocycles. The average Bonchev–Trinajstić information content (AvgIpc) is 3.24. The Morgan fingerprint density at radius 2 is 2.05 bits per heavy atom. The number of aromatic nitrogens is 1. The lowest BCUT2D eigenvalue weighted by molar-refractivity contribution is 0.101. The van der Waals surface area contributed by atoms with E-state index in [9.17, 15) is 4.79 Å². The summed E-state index contributed by atoms with van der Waals surface area (Å²) in [7, 11) is 0. The number of hydrogen-bond donors (Lipinski definition) is 1. The SMILES string of the molecule is CCCc1ccc(NC(=O)c2cc(Br)cn2C2CC2)cc1. The van der Waals surface area contributed by atoms with E-state index in [1.54, 1.807) is 0 Å². The van der Waals surface area contributed by atoms with Gasteiger partial charge in [0.15, 0.2) is 0 Å². The van der Waals surface area contributed by atoms with Crippen molar-refractivity contribution in [2.75, 3.05) is 5.32 Å². The van der Waals surface area contributed by atoms with Crippen molar-refractivity contribution in [1.82, 2.24) is 4.57 Å². The maximum atomic E-state index is 12.4. The van der Waals surface area contributed by atoms with Crippen molar-refractivity contribution in [1.29, 1.82) is 0 Å². The van der Waals surface area contributed by atoms with Crippen LogP contribution in [0.15, 0.2) is 41.0 Å². The number of aryl methyl sites for hydroxylation is 1. The number of amides is 1. The predicted octanol–water partition coefficient (Wildman–Crippen LogP) is 4.79. The van der Waals surface area contributed by atoms with E-state index >= 15 is 0 Å². The lowest BCUT2D eigenvalue weighted by Gasteiger charge is -2.09. The summed E-state index contributed by atoms with van der Waals surface area (Å²) in [5.74, 6) is -0.0455. The Kier molecular flexibility index (Phi) is 4.15. The highest BCUT2D eigenvalue weighted by atomic mass is 79.9. The third-order valence-electron chi connectivity index (χ3n) is 3.74. The van der Waals surface area contributed by atoms with E-state index < -0.39 is 0 Å². The first kappa shape index (κ1) is 14.4. The zero-order valence-corrected chi connectivity index (χ0v) is 13.7. The minimum absolute atomic E-state index is 0.0455. The van der Waals surface area contributed by atoms with Crippen LogP contribution in [0.25, 0.3) is 0 Å². The van der Waals surface area contributed by atoms with Gasteiger partial charge in [-0.15, -0.1) is 0 Å². The normalized spacial score (nSPS) is 14.2. The number of carbonyl (C=O) groups is 1. The van der Waals surface area contributed by atoms with Crippen molar-refractivity contribution < 1.29 is 4.79 Å². The van der Waals surface area contributed by atoms with Crippen LogP contribution < -0.4 is 5.32 Å². The zero-order chi connectivity index (χ0) is 14.8. The standard InChI is InChI=1S/C17H19BrN2O/c1-2-3-12-4-6-14(7-5-12)19-17(21)16-10-13(18)11-20(16)15-8-9-15/h4-7,10-11,15H,2-3,8-9H2,1H3,(H,19,21). The fourth-order valence-electron chi connectivity index (χ4n) is 2.52. The number of carbonyl (C=O) groups excluding carboxylic acids is 1. The van der Waals surface area contributed by atoms with E-state index in [0.29, 0.717) is 6.04 Å². The third kappa shape index (κ3) is 3.38. The predicted molar refractivity (Wildman–Crippen MR) is 88.8 cm³/mol. The summed E-state index contributed by atoms with van der Waals surface area (Å²) in [6.45, 7) is 2.17. The average molecular weight is 347 g/mol. The van der Waals surface area contributed by atoms with E-state index in [0.717, 1.165) is 41.5 Å². The van der Waals surface area contributed by atoms with Gasteiger partial charge in [-0.25, -0.2) is 0 Å². The van der Waals surface area contributed by atoms with Crippen LogP contribution in [-0.4, -0.2) is 10.5 Å². The van der Waals surface area contributed by atoms with Gasteiger partial charge in [0.1, 0.15) is 5.69 Å². The molecule has 1 saturated carbocycles. The van der Waals surface area contributed by atoms with Gasteiger partial charge in [0.25, 0.3) is 5.91 Å². The third-order valence-corrected chi connectivity index (χ3v) is 4.17. The molecule has 0 radical (unpaired) electrons. The number of hydrogen-bond acceptors (Lipinski definition) is 1. The highest BCUT2D eigenvalue weighted by molar-refractivity contribution is 9.10. The summed E-state index contributed by atoms with van der Waals surface area (Å²) >= 11 is 3.46. The molecule has 1 N–H and O–H groups in total. The van der Waals surface area contributed by atoms with Gasteiger partial charge in [-0.2, -0.15) is 0 Å². The van der Waals surface area contributed by atoms with E-state index in [2.05, 4.69) is 44.9 Å². The summed E-state index contributed by atoms with van der Waals surface area (Å²) in [6, 6.07) is 10.5. The molecule has 1 fully saturated rings. The Morgan fingerprint density at radius 1 is 1.33 bits per heavy atom. The Hall–Kier alpha value is -1.55. The first-order valence-corrected chi connectivity index (χ1v) is 8.24. The molecule has 110 valence electrons. The van der Waals surface area contributed by atoms with Crippen molar-refractivity contribution in [3.05, 3.63) is 52.3 Å². The summed E-state index contributed by atoms with van der Waals surface area (Å²) in [6.07, 6.45) is 6.53. The van der Waals surface area contributed by atoms with E-state index in [1.807, 2.05) is 24.4 Å². The number of benzene rings is 1. The van der Waals surface area contributed by atoms with E-state index in [4.69, 9.17) is 0 Å². The van der Waals surface area contributed by atoms with Gasteiger partial charge < -0.3 is 9.88 Å². The largest absolute Gasteiger partial charge is 0.339 e. The van der Waals surface area contributed by atoms with Gasteiger partial charge >= 0.3 is 0 Å². The smallest absolute Gasteiger partial charge is 0.272 e. The summed E-state index contributed by atoms with van der Waals surface area (Å²) in [5.41, 5.74) is 2.88. The molecule has 0 unspecified atom stereocenters. The molecular weight excluding hydrogens is 328 g/mol. The molecule has 0 atom stereocenters. The monoisotopic (exact) mass is 346 g/mol. The minimum Gasteiger partial charge on any atom is -0.339 e. The van der Waals surface area contributed by atoms with Crippen LogP contribution in [0, 0.1) is 0 Å². The van der Waals surface area contributed by atoms with Gasteiger partial charge in [0.2, 0.25) is 0 Å². The van der Waals surface area contributed by atoms with Crippen LogP contribution in [0.3, 0.4) is 0 Å². The Balaban J connectivity index is 1.73. The number of anilines is 1. The maximum absolute atomic E-state index is 12.4. The second-order valence-electron chi connectivity index (χ2n) is 5.58. The van der Waals surface area contributed by atoms with Gasteiger partial charge in [-0.3, -0.25) is 4.79 Å². The van der Waals surface area contributed by atoms with Crippen LogP contribution in [0.4, 0.5) is 5.69 Å². The first-order valence-electron chi connectivity index (χ1n) is 7.45. The maximum Gasteiger partial charge on any atom is 0.272 e. The van der Waals surface area contributed by atoms with Crippen LogP contribution in [0.1, 0.15) is 48.3 Å². The Morgan fingerprint density at radius 3 is 2.67 bits per heavy atom. The number of nitrogens with zero attached hydrogens (tertiary/aromatic N) is 1. The molecule has 3 rings (SSSR count). The molecule has 1 aromatic carbocycles. The number of rotatable bonds is 5. The highest BCUT2D eigenvalue weighted by Crippen LogP contribution is 2.37. The van der Waals surface area contributed by atoms with Crippen LogP contribution in [0.2, 0.25) is 0 Å². The lowest BCUT2D eigenvalue weighted by atomic mass is 10.1. The minimum atomic E-state index is -0.0455. The summed E-state index contributed by atoms with van der Waals surface area (Å²) in [4.78, 5) is 12.4. The van der Waals surface area contributed by atoms with E-state index in [1.165, 1.54) is 5.56 Å². The van der Waals surface area contributed by atoms with Crippen molar-refractivity contribution in [2.24, 2.45) is 0 Å². The molecule has 2 aromatic rings. The highest BCUT2D eigenvalue weighted by Gasteiger charge is 2.27. The lowest BCUT2D eigenvalue weighted by Crippen LogP contribution is -2.16. The van der Waals surface area contributed by atoms with Crippen molar-refractivity contribution >= 4 is 27.5 Å². The molecule has 1 aliphatic carbocycles. The fourth-order valence-corrected chi connectivity index (χ4v) is 2.96. The second kappa shape index (κ2) is 6.06. The summed E-state index contributed by atoms with van der Waals surface area (Å²) in [5, 5.41) is 2.98. The molecule has 0 saturated heterocycles. The topological polar surface area (TPSA) is 34.0 Å². The van der Waals surface area contributed by atoms with Crippen LogP contribution in [0.5, 0.6) is 0 Å². The molecule has 3 nitrogen and oxygen atoms in total. The van der Waals surface area contributed by atoms with Crippen molar-refractivity contribution in [3.63, 3.8) is 0 Å². The van der Waals surface area contributed by atoms with E-state index in [-0.39, 0.29) is 5.91 Å². The molecular formula is C17H19BrN2O. The second-order valence-corrected chi connectivity index (χ2v) is 6.50. The number of halogens is 1. The quantitative estimate of drug-likeness (QED) is 0.829. The zero-order valence-electron chi connectivity index (χ0n) is 12.1. The van der Waals surface area contributed by atoms with Gasteiger partial charge in [-0.05, 0) is 59.0 Å². The molecule has 1 amide bonds. The summed E-state index contributed by atoms with van der Waals surface area (Å²) < 4.78 is 3.03. The molecule has 1 heterocycles. The fraction of sp³-hybridized carbons (Fsp3) is 0.353. The molecule has 0 bridgehead atoms.